The molecule has 1 saturated carbocycles. The van der Waals surface area contributed by atoms with Crippen LogP contribution in [-0.4, -0.2) is 41.5 Å². The number of nitrogens with zero attached hydrogens (tertiary/aromatic N) is 1. The van der Waals surface area contributed by atoms with Gasteiger partial charge in [0.2, 0.25) is 0 Å². The summed E-state index contributed by atoms with van der Waals surface area (Å²) in [4.78, 5) is 14.3. The first-order valence-electron chi connectivity index (χ1n) is 8.58. The van der Waals surface area contributed by atoms with Crippen molar-refractivity contribution < 1.29 is 9.53 Å². The molecular weight excluding hydrogens is 250 g/mol. The molecule has 2 heterocycles. The molecule has 3 aliphatic rings. The van der Waals surface area contributed by atoms with Gasteiger partial charge >= 0.3 is 0 Å². The molecule has 2 atom stereocenters. The number of rotatable bonds is 3. The van der Waals surface area contributed by atoms with Crippen LogP contribution in [-0.2, 0) is 9.53 Å². The Kier molecular flexibility index (Phi) is 4.46. The summed E-state index contributed by atoms with van der Waals surface area (Å²) in [5, 5.41) is 0. The first-order chi connectivity index (χ1) is 9.69. The number of carbonyl (C=O) groups excluding carboxylic acids is 1. The highest BCUT2D eigenvalue weighted by atomic mass is 16.5. The van der Waals surface area contributed by atoms with Crippen LogP contribution in [0.1, 0.15) is 71.1 Å². The van der Waals surface area contributed by atoms with Crippen LogP contribution < -0.4 is 0 Å². The van der Waals surface area contributed by atoms with E-state index in [1.54, 1.807) is 6.92 Å². The van der Waals surface area contributed by atoms with Crippen LogP contribution >= 0.6 is 0 Å². The summed E-state index contributed by atoms with van der Waals surface area (Å²) >= 11 is 0. The lowest BCUT2D eigenvalue weighted by Gasteiger charge is -2.50. The number of hydrogen-bond acceptors (Lipinski definition) is 3. The second kappa shape index (κ2) is 6.15. The van der Waals surface area contributed by atoms with Crippen molar-refractivity contribution in [3.8, 4) is 0 Å². The summed E-state index contributed by atoms with van der Waals surface area (Å²) in [6.45, 7) is 3.87. The van der Waals surface area contributed by atoms with Crippen LogP contribution in [0, 0.1) is 0 Å². The largest absolute Gasteiger partial charge is 0.375 e. The third-order valence-electron chi connectivity index (χ3n) is 5.65. The van der Waals surface area contributed by atoms with Crippen molar-refractivity contribution in [3.63, 3.8) is 0 Å². The lowest BCUT2D eigenvalue weighted by Crippen LogP contribution is -2.54. The number of hydrogen-bond donors (Lipinski definition) is 0. The second-order valence-corrected chi connectivity index (χ2v) is 7.18. The SMILES string of the molecule is CC(=O)CC1CCCCCN1C1CCOC2(CCC2)C1. The Morgan fingerprint density at radius 2 is 2.05 bits per heavy atom. The molecule has 0 aromatic heterocycles. The third-order valence-corrected chi connectivity index (χ3v) is 5.65. The number of carbonyl (C=O) groups is 1. The van der Waals surface area contributed by atoms with Crippen LogP contribution in [0.15, 0.2) is 0 Å². The topological polar surface area (TPSA) is 29.5 Å². The van der Waals surface area contributed by atoms with E-state index in [1.807, 2.05) is 0 Å². The van der Waals surface area contributed by atoms with Gasteiger partial charge in [-0.1, -0.05) is 12.8 Å². The molecule has 1 aliphatic carbocycles. The molecule has 0 N–H and O–H groups in total. The van der Waals surface area contributed by atoms with Crippen molar-refractivity contribution >= 4 is 5.78 Å². The van der Waals surface area contributed by atoms with Crippen LogP contribution in [0.3, 0.4) is 0 Å². The molecule has 0 aromatic carbocycles. The van der Waals surface area contributed by atoms with E-state index in [0.717, 1.165) is 19.4 Å². The zero-order valence-electron chi connectivity index (χ0n) is 12.9. The van der Waals surface area contributed by atoms with Gasteiger partial charge in [0.05, 0.1) is 5.60 Å². The molecule has 0 aromatic rings. The lowest BCUT2D eigenvalue weighted by atomic mass is 9.73. The highest BCUT2D eigenvalue weighted by Crippen LogP contribution is 2.44. The predicted molar refractivity (Wildman–Crippen MR) is 79.8 cm³/mol. The molecule has 2 saturated heterocycles. The van der Waals surface area contributed by atoms with Crippen LogP contribution in [0.4, 0.5) is 0 Å². The van der Waals surface area contributed by atoms with Gasteiger partial charge in [0.1, 0.15) is 5.78 Å². The van der Waals surface area contributed by atoms with Gasteiger partial charge in [0.25, 0.3) is 0 Å². The molecular formula is C17H29NO2. The summed E-state index contributed by atoms with van der Waals surface area (Å²) in [5.41, 5.74) is 0.218. The van der Waals surface area contributed by atoms with Crippen molar-refractivity contribution in [1.29, 1.82) is 0 Å². The minimum Gasteiger partial charge on any atom is -0.375 e. The zero-order valence-corrected chi connectivity index (χ0v) is 12.9. The molecule has 2 aliphatic heterocycles. The maximum Gasteiger partial charge on any atom is 0.131 e. The molecule has 1 spiro atoms. The summed E-state index contributed by atoms with van der Waals surface area (Å²) in [7, 11) is 0. The Bertz CT molecular complexity index is 351. The molecule has 3 heteroatoms. The molecule has 0 radical (unpaired) electrons. The highest BCUT2D eigenvalue weighted by Gasteiger charge is 2.44. The maximum absolute atomic E-state index is 11.6. The van der Waals surface area contributed by atoms with Gasteiger partial charge in [-0.15, -0.1) is 0 Å². The molecule has 2 unspecified atom stereocenters. The zero-order chi connectivity index (χ0) is 14.0. The van der Waals surface area contributed by atoms with E-state index in [9.17, 15) is 4.79 Å². The van der Waals surface area contributed by atoms with Crippen molar-refractivity contribution in [2.45, 2.75) is 88.8 Å². The Labute approximate surface area is 123 Å². The minimum absolute atomic E-state index is 0.218. The Balaban J connectivity index is 1.68. The monoisotopic (exact) mass is 279 g/mol. The Hall–Kier alpha value is -0.410. The van der Waals surface area contributed by atoms with Crippen molar-refractivity contribution in [1.82, 2.24) is 4.90 Å². The molecule has 3 nitrogen and oxygen atoms in total. The van der Waals surface area contributed by atoms with E-state index in [-0.39, 0.29) is 5.60 Å². The summed E-state index contributed by atoms with van der Waals surface area (Å²) in [5.74, 6) is 0.354. The lowest BCUT2D eigenvalue weighted by molar-refractivity contribution is -0.152. The van der Waals surface area contributed by atoms with Gasteiger partial charge < -0.3 is 4.74 Å². The quantitative estimate of drug-likeness (QED) is 0.794. The van der Waals surface area contributed by atoms with Gasteiger partial charge in [-0.25, -0.2) is 0 Å². The van der Waals surface area contributed by atoms with E-state index in [0.29, 0.717) is 17.9 Å². The first-order valence-corrected chi connectivity index (χ1v) is 8.58. The predicted octanol–water partition coefficient (Wildman–Crippen LogP) is 3.31. The van der Waals surface area contributed by atoms with E-state index < -0.39 is 0 Å². The number of Topliss-reactive ketones (excluding diaryl/α,β-unsaturated/α-hetero) is 1. The highest BCUT2D eigenvalue weighted by molar-refractivity contribution is 5.76. The third kappa shape index (κ3) is 3.09. The fraction of sp³-hybridized carbons (Fsp3) is 0.941. The Morgan fingerprint density at radius 1 is 1.20 bits per heavy atom. The first kappa shape index (κ1) is 14.5. The summed E-state index contributed by atoms with van der Waals surface area (Å²) < 4.78 is 6.08. The summed E-state index contributed by atoms with van der Waals surface area (Å²) in [6, 6.07) is 1.15. The number of likely N-dealkylation sites (tertiary alicyclic amines) is 1. The fourth-order valence-corrected chi connectivity index (χ4v) is 4.44. The van der Waals surface area contributed by atoms with E-state index in [1.165, 1.54) is 57.9 Å². The average Bonchev–Trinajstić information content (AvgIpc) is 2.62. The molecule has 3 fully saturated rings. The molecule has 114 valence electrons. The van der Waals surface area contributed by atoms with Gasteiger partial charge in [0.15, 0.2) is 0 Å². The molecule has 0 bridgehead atoms. The standard InChI is InChI=1S/C17H29NO2/c1-14(19)12-15-6-3-2-4-10-18(15)16-7-11-20-17(13-16)8-5-9-17/h15-16H,2-13H2,1H3. The van der Waals surface area contributed by atoms with Gasteiger partial charge in [0, 0.05) is 25.1 Å². The second-order valence-electron chi connectivity index (χ2n) is 7.18. The smallest absolute Gasteiger partial charge is 0.131 e. The van der Waals surface area contributed by atoms with Crippen molar-refractivity contribution in [2.75, 3.05) is 13.2 Å². The van der Waals surface area contributed by atoms with E-state index >= 15 is 0 Å². The number of ether oxygens (including phenoxy) is 1. The molecule has 3 rings (SSSR count). The van der Waals surface area contributed by atoms with E-state index in [4.69, 9.17) is 4.74 Å². The van der Waals surface area contributed by atoms with Crippen molar-refractivity contribution in [3.05, 3.63) is 0 Å². The molecule has 20 heavy (non-hydrogen) atoms. The normalized spacial score (nSPS) is 34.5. The minimum atomic E-state index is 0.218. The van der Waals surface area contributed by atoms with Crippen LogP contribution in [0.25, 0.3) is 0 Å². The van der Waals surface area contributed by atoms with Gasteiger partial charge in [-0.2, -0.15) is 0 Å². The van der Waals surface area contributed by atoms with Gasteiger partial charge in [-0.3, -0.25) is 9.69 Å². The summed E-state index contributed by atoms with van der Waals surface area (Å²) in [6.07, 6.45) is 12.1. The fourth-order valence-electron chi connectivity index (χ4n) is 4.44. The van der Waals surface area contributed by atoms with E-state index in [2.05, 4.69) is 4.90 Å². The van der Waals surface area contributed by atoms with Crippen LogP contribution in [0.5, 0.6) is 0 Å². The van der Waals surface area contributed by atoms with Crippen molar-refractivity contribution in [2.24, 2.45) is 0 Å². The average molecular weight is 279 g/mol. The van der Waals surface area contributed by atoms with Crippen LogP contribution in [0.2, 0.25) is 0 Å². The number of ketones is 1. The van der Waals surface area contributed by atoms with Gasteiger partial charge in [-0.05, 0) is 58.4 Å². The Morgan fingerprint density at radius 3 is 2.75 bits per heavy atom. The molecule has 0 amide bonds. The maximum atomic E-state index is 11.6.